The summed E-state index contributed by atoms with van der Waals surface area (Å²) in [5, 5.41) is 0. The van der Waals surface area contributed by atoms with Gasteiger partial charge >= 0.3 is 0 Å². The maximum atomic E-state index is 12.0. The van der Waals surface area contributed by atoms with Crippen LogP contribution >= 0.6 is 0 Å². The second kappa shape index (κ2) is 4.64. The number of hydrogen-bond acceptors (Lipinski definition) is 1. The van der Waals surface area contributed by atoms with E-state index >= 15 is 0 Å². The fraction of sp³-hybridized carbons (Fsp3) is 0.562. The van der Waals surface area contributed by atoms with Crippen LogP contribution in [-0.2, 0) is 5.41 Å². The molecule has 0 aliphatic heterocycles. The van der Waals surface area contributed by atoms with Crippen LogP contribution in [0.25, 0.3) is 0 Å². The van der Waals surface area contributed by atoms with Crippen molar-refractivity contribution >= 4 is 5.78 Å². The van der Waals surface area contributed by atoms with Crippen LogP contribution in [-0.4, -0.2) is 5.78 Å². The molecule has 1 aromatic carbocycles. The van der Waals surface area contributed by atoms with E-state index in [-0.39, 0.29) is 5.41 Å². The molecule has 0 heterocycles. The van der Waals surface area contributed by atoms with Gasteiger partial charge in [0.25, 0.3) is 0 Å². The number of ketones is 1. The van der Waals surface area contributed by atoms with Crippen molar-refractivity contribution in [2.24, 2.45) is 5.92 Å². The molecule has 0 atom stereocenters. The maximum Gasteiger partial charge on any atom is 0.163 e. The summed E-state index contributed by atoms with van der Waals surface area (Å²) in [5.74, 6) is 0.972. The van der Waals surface area contributed by atoms with E-state index in [2.05, 4.69) is 32.9 Å². The number of hydrogen-bond donors (Lipinski definition) is 0. The molecule has 0 saturated heterocycles. The third kappa shape index (κ3) is 2.96. The number of benzene rings is 1. The van der Waals surface area contributed by atoms with Crippen LogP contribution in [0.2, 0.25) is 0 Å². The SMILES string of the molecule is CC(C)(C)c1ccc(C(=O)CC2CCC2)cc1. The van der Waals surface area contributed by atoms with Crippen molar-refractivity contribution in [3.05, 3.63) is 35.4 Å². The molecule has 0 N–H and O–H groups in total. The van der Waals surface area contributed by atoms with E-state index in [1.54, 1.807) is 0 Å². The van der Waals surface area contributed by atoms with Crippen molar-refractivity contribution in [1.82, 2.24) is 0 Å². The van der Waals surface area contributed by atoms with E-state index in [1.165, 1.54) is 24.8 Å². The van der Waals surface area contributed by atoms with E-state index in [9.17, 15) is 4.79 Å². The lowest BCUT2D eigenvalue weighted by Gasteiger charge is -2.24. The lowest BCUT2D eigenvalue weighted by atomic mass is 9.80. The van der Waals surface area contributed by atoms with Crippen molar-refractivity contribution in [2.75, 3.05) is 0 Å². The second-order valence-corrected chi connectivity index (χ2v) is 6.25. The zero-order valence-electron chi connectivity index (χ0n) is 11.1. The first-order valence-corrected chi connectivity index (χ1v) is 6.60. The van der Waals surface area contributed by atoms with Crippen molar-refractivity contribution in [3.63, 3.8) is 0 Å². The van der Waals surface area contributed by atoms with Gasteiger partial charge in [0, 0.05) is 12.0 Å². The molecule has 0 bridgehead atoms. The molecule has 17 heavy (non-hydrogen) atoms. The fourth-order valence-corrected chi connectivity index (χ4v) is 2.23. The summed E-state index contributed by atoms with van der Waals surface area (Å²) in [4.78, 5) is 12.0. The summed E-state index contributed by atoms with van der Waals surface area (Å²) in [6.45, 7) is 6.58. The van der Waals surface area contributed by atoms with Gasteiger partial charge in [0.1, 0.15) is 0 Å². The van der Waals surface area contributed by atoms with Gasteiger partial charge in [-0.15, -0.1) is 0 Å². The van der Waals surface area contributed by atoms with Gasteiger partial charge in [-0.05, 0) is 16.9 Å². The first-order chi connectivity index (χ1) is 7.97. The predicted molar refractivity (Wildman–Crippen MR) is 71.4 cm³/mol. The molecule has 0 amide bonds. The molecule has 1 heteroatoms. The molecule has 1 aromatic rings. The first-order valence-electron chi connectivity index (χ1n) is 6.60. The molecule has 0 spiro atoms. The summed E-state index contributed by atoms with van der Waals surface area (Å²) >= 11 is 0. The molecule has 1 aliphatic carbocycles. The Morgan fingerprint density at radius 1 is 1.18 bits per heavy atom. The highest BCUT2D eigenvalue weighted by molar-refractivity contribution is 5.96. The Bertz CT molecular complexity index is 391. The largest absolute Gasteiger partial charge is 0.294 e. The van der Waals surface area contributed by atoms with Gasteiger partial charge < -0.3 is 0 Å². The Labute approximate surface area is 104 Å². The van der Waals surface area contributed by atoms with E-state index in [4.69, 9.17) is 0 Å². The number of carbonyl (C=O) groups is 1. The third-order valence-electron chi connectivity index (χ3n) is 3.77. The topological polar surface area (TPSA) is 17.1 Å². The molecule has 1 fully saturated rings. The highest BCUT2D eigenvalue weighted by Crippen LogP contribution is 2.30. The van der Waals surface area contributed by atoms with E-state index in [1.807, 2.05) is 12.1 Å². The minimum Gasteiger partial charge on any atom is -0.294 e. The van der Waals surface area contributed by atoms with Gasteiger partial charge in [0.2, 0.25) is 0 Å². The first kappa shape index (κ1) is 12.3. The summed E-state index contributed by atoms with van der Waals surface area (Å²) in [7, 11) is 0. The maximum absolute atomic E-state index is 12.0. The minimum atomic E-state index is 0.162. The Morgan fingerprint density at radius 3 is 2.18 bits per heavy atom. The molecule has 1 nitrogen and oxygen atoms in total. The van der Waals surface area contributed by atoms with E-state index in [0.717, 1.165) is 12.0 Å². The Morgan fingerprint density at radius 2 is 1.76 bits per heavy atom. The number of Topliss-reactive ketones (excluding diaryl/α,β-unsaturated/α-hetero) is 1. The summed E-state index contributed by atoms with van der Waals surface area (Å²) in [6, 6.07) is 8.16. The standard InChI is InChI=1S/C16H22O/c1-16(2,3)14-9-7-13(8-10-14)15(17)11-12-5-4-6-12/h7-10,12H,4-6,11H2,1-3H3. The van der Waals surface area contributed by atoms with Crippen LogP contribution in [0.5, 0.6) is 0 Å². The Balaban J connectivity index is 2.04. The van der Waals surface area contributed by atoms with Crippen molar-refractivity contribution in [1.29, 1.82) is 0 Å². The van der Waals surface area contributed by atoms with Crippen LogP contribution in [0, 0.1) is 5.92 Å². The normalized spacial score (nSPS) is 16.6. The Hall–Kier alpha value is -1.11. The van der Waals surface area contributed by atoms with Crippen LogP contribution in [0.1, 0.15) is 62.4 Å². The average molecular weight is 230 g/mol. The minimum absolute atomic E-state index is 0.162. The average Bonchev–Trinajstić information content (AvgIpc) is 2.22. The highest BCUT2D eigenvalue weighted by Gasteiger charge is 2.21. The zero-order valence-corrected chi connectivity index (χ0v) is 11.1. The zero-order chi connectivity index (χ0) is 12.5. The highest BCUT2D eigenvalue weighted by atomic mass is 16.1. The lowest BCUT2D eigenvalue weighted by molar-refractivity contribution is 0.0936. The summed E-state index contributed by atoms with van der Waals surface area (Å²) in [6.07, 6.45) is 4.54. The lowest BCUT2D eigenvalue weighted by Crippen LogP contribution is -2.16. The monoisotopic (exact) mass is 230 g/mol. The van der Waals surface area contributed by atoms with Crippen LogP contribution < -0.4 is 0 Å². The smallest absolute Gasteiger partial charge is 0.163 e. The van der Waals surface area contributed by atoms with Gasteiger partial charge in [-0.1, -0.05) is 64.3 Å². The van der Waals surface area contributed by atoms with Gasteiger partial charge in [-0.25, -0.2) is 0 Å². The quantitative estimate of drug-likeness (QED) is 0.705. The summed E-state index contributed by atoms with van der Waals surface area (Å²) in [5.41, 5.74) is 2.33. The van der Waals surface area contributed by atoms with Crippen molar-refractivity contribution < 1.29 is 4.79 Å². The molecule has 0 radical (unpaired) electrons. The van der Waals surface area contributed by atoms with Crippen molar-refractivity contribution in [2.45, 2.75) is 51.9 Å². The van der Waals surface area contributed by atoms with Gasteiger partial charge in [0.05, 0.1) is 0 Å². The van der Waals surface area contributed by atoms with Gasteiger partial charge in [-0.2, -0.15) is 0 Å². The fourth-order valence-electron chi connectivity index (χ4n) is 2.23. The molecule has 0 aromatic heterocycles. The van der Waals surface area contributed by atoms with Crippen molar-refractivity contribution in [3.8, 4) is 0 Å². The van der Waals surface area contributed by atoms with E-state index < -0.39 is 0 Å². The van der Waals surface area contributed by atoms with Crippen LogP contribution in [0.4, 0.5) is 0 Å². The molecule has 2 rings (SSSR count). The van der Waals surface area contributed by atoms with Crippen LogP contribution in [0.3, 0.4) is 0 Å². The molecule has 1 aliphatic rings. The molecular formula is C16H22O. The number of rotatable bonds is 3. The second-order valence-electron chi connectivity index (χ2n) is 6.25. The van der Waals surface area contributed by atoms with E-state index in [0.29, 0.717) is 11.7 Å². The third-order valence-corrected chi connectivity index (χ3v) is 3.77. The van der Waals surface area contributed by atoms with Gasteiger partial charge in [0.15, 0.2) is 5.78 Å². The number of carbonyl (C=O) groups excluding carboxylic acids is 1. The molecule has 92 valence electrons. The molecule has 1 saturated carbocycles. The Kier molecular flexibility index (Phi) is 3.37. The predicted octanol–water partition coefficient (Wildman–Crippen LogP) is 4.36. The van der Waals surface area contributed by atoms with Gasteiger partial charge in [-0.3, -0.25) is 4.79 Å². The molecular weight excluding hydrogens is 208 g/mol. The molecule has 0 unspecified atom stereocenters. The summed E-state index contributed by atoms with van der Waals surface area (Å²) < 4.78 is 0. The van der Waals surface area contributed by atoms with Crippen LogP contribution in [0.15, 0.2) is 24.3 Å².